The summed E-state index contributed by atoms with van der Waals surface area (Å²) in [5.74, 6) is 1.14. The van der Waals surface area contributed by atoms with Crippen molar-refractivity contribution in [2.45, 2.75) is 55.6 Å². The molecule has 2 unspecified atom stereocenters. The zero-order valence-corrected chi connectivity index (χ0v) is 22.7. The monoisotopic (exact) mass is 511 g/mol. The van der Waals surface area contributed by atoms with Crippen LogP contribution in [0.25, 0.3) is 10.8 Å². The predicted octanol–water partition coefficient (Wildman–Crippen LogP) is 0.187. The Morgan fingerprint density at radius 2 is 1.89 bits per heavy atom. The summed E-state index contributed by atoms with van der Waals surface area (Å²) in [5, 5.41) is 3.68. The van der Waals surface area contributed by atoms with Crippen LogP contribution in [0.5, 0.6) is 5.75 Å². The molecular formula is C21H27Cl2OSi2Zr. The molecule has 0 saturated heterocycles. The van der Waals surface area contributed by atoms with Crippen molar-refractivity contribution < 1.29 is 54.0 Å². The van der Waals surface area contributed by atoms with E-state index in [1.807, 2.05) is 5.20 Å². The van der Waals surface area contributed by atoms with Gasteiger partial charge in [-0.05, 0) is 0 Å². The van der Waals surface area contributed by atoms with Crippen molar-refractivity contribution in [3.63, 3.8) is 0 Å². The molecule has 6 heteroatoms. The maximum atomic E-state index is 6.57. The molecule has 0 aromatic heterocycles. The molecule has 0 spiro atoms. The number of hydrogen-bond donors (Lipinski definition) is 0. The van der Waals surface area contributed by atoms with Crippen LogP contribution in [0, 0.1) is 0 Å². The fraction of sp³-hybridized carbons (Fsp3) is 0.429. The van der Waals surface area contributed by atoms with Gasteiger partial charge in [0.1, 0.15) is 0 Å². The molecule has 1 heterocycles. The van der Waals surface area contributed by atoms with E-state index < -0.39 is 16.4 Å². The summed E-state index contributed by atoms with van der Waals surface area (Å²) >= 11 is 1.66. The molecule has 27 heavy (non-hydrogen) atoms. The largest absolute Gasteiger partial charge is 1.00 e. The molecule has 1 aromatic rings. The van der Waals surface area contributed by atoms with Crippen molar-refractivity contribution in [2.75, 3.05) is 0 Å². The standard InChI is InChI=1S/C21H27OSi2.2ClH.Zr/c1-6-13-24(5)18-14-16-11-12-17(22-23(2,3)4)19(20(16)21(18)24)15-9-7-8-10-15;;;/h7-9,11-12,14H,6,10,13H2,1-5H3;2*1H;/q;;;+2/p-2. The van der Waals surface area contributed by atoms with Gasteiger partial charge in [-0.15, -0.1) is 0 Å². The molecule has 2 aliphatic carbocycles. The van der Waals surface area contributed by atoms with E-state index in [2.05, 4.69) is 63.5 Å². The first kappa shape index (κ1) is 23.4. The van der Waals surface area contributed by atoms with Gasteiger partial charge >= 0.3 is 170 Å². The van der Waals surface area contributed by atoms with Crippen LogP contribution in [0.4, 0.5) is 0 Å². The van der Waals surface area contributed by atoms with Gasteiger partial charge in [0.2, 0.25) is 0 Å². The van der Waals surface area contributed by atoms with Crippen LogP contribution in [0.1, 0.15) is 40.1 Å². The fourth-order valence-corrected chi connectivity index (χ4v) is 14.1. The second-order valence-corrected chi connectivity index (χ2v) is 18.8. The third-order valence-electron chi connectivity index (χ3n) is 5.66. The Balaban J connectivity index is 0.00000131. The summed E-state index contributed by atoms with van der Waals surface area (Å²) in [6.45, 7) is 11.8. The summed E-state index contributed by atoms with van der Waals surface area (Å²) in [7, 11) is -2.90. The van der Waals surface area contributed by atoms with Gasteiger partial charge in [-0.2, -0.15) is 0 Å². The summed E-state index contributed by atoms with van der Waals surface area (Å²) in [5.41, 5.74) is 6.09. The zero-order valence-electron chi connectivity index (χ0n) is 16.7. The quantitative estimate of drug-likeness (QED) is 0.511. The van der Waals surface area contributed by atoms with Crippen LogP contribution in [0.2, 0.25) is 32.2 Å². The fourth-order valence-electron chi connectivity index (χ4n) is 4.70. The van der Waals surface area contributed by atoms with Crippen LogP contribution in [-0.2, 0) is 24.7 Å². The minimum Gasteiger partial charge on any atom is -1.00 e. The van der Waals surface area contributed by atoms with E-state index in [9.17, 15) is 0 Å². The number of rotatable bonds is 5. The molecule has 2 atom stereocenters. The van der Waals surface area contributed by atoms with E-state index in [1.54, 1.807) is 41.0 Å². The molecule has 143 valence electrons. The van der Waals surface area contributed by atoms with Crippen molar-refractivity contribution >= 4 is 27.2 Å². The van der Waals surface area contributed by atoms with Gasteiger partial charge in [0.25, 0.3) is 0 Å². The van der Waals surface area contributed by atoms with E-state index in [0.29, 0.717) is 0 Å². The minimum atomic E-state index is -1.64. The average Bonchev–Trinajstić information content (AvgIpc) is 2.88. The molecule has 3 aliphatic rings. The first-order chi connectivity index (χ1) is 11.8. The number of benzene rings is 1. The molecule has 1 aromatic carbocycles. The number of hydrogen-bond acceptors (Lipinski definition) is 1. The van der Waals surface area contributed by atoms with Crippen molar-refractivity contribution in [2.24, 2.45) is 0 Å². The normalized spacial score (nSPS) is 24.7. The molecule has 0 amide bonds. The zero-order chi connectivity index (χ0) is 18.0. The van der Waals surface area contributed by atoms with Crippen LogP contribution in [-0.4, -0.2) is 16.4 Å². The van der Waals surface area contributed by atoms with Gasteiger partial charge in [0.15, 0.2) is 0 Å². The molecule has 0 N–H and O–H groups in total. The van der Waals surface area contributed by atoms with Crippen molar-refractivity contribution in [3.05, 3.63) is 52.2 Å². The van der Waals surface area contributed by atoms with E-state index in [1.165, 1.54) is 23.6 Å². The Labute approximate surface area is 193 Å². The molecule has 4 rings (SSSR count). The second-order valence-electron chi connectivity index (χ2n) is 8.75. The van der Waals surface area contributed by atoms with E-state index >= 15 is 0 Å². The van der Waals surface area contributed by atoms with Gasteiger partial charge in [-0.25, -0.2) is 0 Å². The van der Waals surface area contributed by atoms with Crippen LogP contribution < -0.4 is 29.2 Å². The Hall–Kier alpha value is 0.137. The van der Waals surface area contributed by atoms with E-state index in [4.69, 9.17) is 4.43 Å². The average molecular weight is 514 g/mol. The molecule has 1 nitrogen and oxygen atoms in total. The number of halogens is 2. The third kappa shape index (κ3) is 3.82. The molecule has 0 fully saturated rings. The maximum absolute atomic E-state index is 6.57. The van der Waals surface area contributed by atoms with Gasteiger partial charge in [0.05, 0.1) is 0 Å². The smallest absolute Gasteiger partial charge is 1.00 e. The van der Waals surface area contributed by atoms with E-state index in [0.717, 1.165) is 15.8 Å². The summed E-state index contributed by atoms with van der Waals surface area (Å²) in [6, 6.07) is 6.08. The maximum Gasteiger partial charge on any atom is -1.00 e. The SMILES string of the molecule is CCC[Si]1(C)C2=C1[CH]([Zr+2])c1ccc(O[Si](C)(C)C)c(C3=CC=CC3)c12.[Cl-].[Cl-]. The number of fused-ring (bicyclic) bond motifs is 2. The van der Waals surface area contributed by atoms with Crippen LogP contribution in [0.15, 0.2) is 35.6 Å². The van der Waals surface area contributed by atoms with Crippen LogP contribution in [0.3, 0.4) is 0 Å². The Morgan fingerprint density at radius 3 is 2.44 bits per heavy atom. The first-order valence-electron chi connectivity index (χ1n) is 9.46. The molecule has 0 saturated carbocycles. The van der Waals surface area contributed by atoms with Gasteiger partial charge in [-0.3, -0.25) is 0 Å². The summed E-state index contributed by atoms with van der Waals surface area (Å²) in [6.07, 6.45) is 9.17. The summed E-state index contributed by atoms with van der Waals surface area (Å²) in [4.78, 5) is 0. The molecule has 1 aliphatic heterocycles. The van der Waals surface area contributed by atoms with Crippen molar-refractivity contribution in [1.29, 1.82) is 0 Å². The van der Waals surface area contributed by atoms with Crippen molar-refractivity contribution in [3.8, 4) is 5.75 Å². The van der Waals surface area contributed by atoms with Crippen molar-refractivity contribution in [1.82, 2.24) is 0 Å². The predicted molar refractivity (Wildman–Crippen MR) is 109 cm³/mol. The Kier molecular flexibility index (Phi) is 7.03. The minimum absolute atomic E-state index is 0. The molecule has 0 radical (unpaired) electrons. The van der Waals surface area contributed by atoms with Gasteiger partial charge in [0, 0.05) is 0 Å². The topological polar surface area (TPSA) is 9.23 Å². The van der Waals surface area contributed by atoms with Crippen LogP contribution >= 0.6 is 0 Å². The third-order valence-corrected chi connectivity index (χ3v) is 13.3. The first-order valence-corrected chi connectivity index (χ1v) is 17.0. The molecular weight excluding hydrogens is 487 g/mol. The van der Waals surface area contributed by atoms with Gasteiger partial charge in [-0.1, -0.05) is 0 Å². The molecule has 0 bridgehead atoms. The van der Waals surface area contributed by atoms with E-state index in [-0.39, 0.29) is 24.8 Å². The summed E-state index contributed by atoms with van der Waals surface area (Å²) < 4.78 is 7.29. The second kappa shape index (κ2) is 8.11. The Bertz CT molecular complexity index is 854. The Morgan fingerprint density at radius 1 is 1.19 bits per heavy atom. The van der Waals surface area contributed by atoms with Gasteiger partial charge < -0.3 is 24.8 Å². The number of allylic oxidation sites excluding steroid dienone is 5.